The van der Waals surface area contributed by atoms with Crippen molar-refractivity contribution in [3.8, 4) is 0 Å². The zero-order valence-corrected chi connectivity index (χ0v) is 10.5. The summed E-state index contributed by atoms with van der Waals surface area (Å²) in [7, 11) is 3.36. The second-order valence-electron chi connectivity index (χ2n) is 3.66. The molecule has 0 atom stereocenters. The Hall–Kier alpha value is -1.29. The van der Waals surface area contributed by atoms with Gasteiger partial charge in [0.1, 0.15) is 11.0 Å². The highest BCUT2D eigenvalue weighted by atomic mass is 35.5. The average Bonchev–Trinajstić information content (AvgIpc) is 2.25. The van der Waals surface area contributed by atoms with E-state index in [0.29, 0.717) is 11.4 Å². The van der Waals surface area contributed by atoms with Gasteiger partial charge >= 0.3 is 0 Å². The van der Waals surface area contributed by atoms with Crippen LogP contribution in [0, 0.1) is 0 Å². The molecule has 16 heavy (non-hydrogen) atoms. The van der Waals surface area contributed by atoms with E-state index in [1.165, 1.54) is 4.90 Å². The van der Waals surface area contributed by atoms with Crippen molar-refractivity contribution >= 4 is 23.3 Å². The number of anilines is 1. The number of nitrogens with one attached hydrogen (secondary N) is 1. The van der Waals surface area contributed by atoms with Gasteiger partial charge in [-0.2, -0.15) is 0 Å². The minimum Gasteiger partial charge on any atom is -0.370 e. The summed E-state index contributed by atoms with van der Waals surface area (Å²) in [5.74, 6) is 0.557. The normalized spacial score (nSPS) is 10.0. The van der Waals surface area contributed by atoms with Crippen LogP contribution in [0.4, 0.5) is 5.82 Å². The lowest BCUT2D eigenvalue weighted by Crippen LogP contribution is -2.22. The Morgan fingerprint density at radius 3 is 2.69 bits per heavy atom. The molecule has 0 bridgehead atoms. The molecule has 1 aromatic heterocycles. The van der Waals surface area contributed by atoms with Crippen molar-refractivity contribution in [2.45, 2.75) is 13.3 Å². The van der Waals surface area contributed by atoms with Crippen molar-refractivity contribution in [1.82, 2.24) is 9.88 Å². The SMILES string of the molecule is CCCNc1ccc(C(=O)N(C)C)c(Cl)n1. The summed E-state index contributed by atoms with van der Waals surface area (Å²) < 4.78 is 0. The average molecular weight is 242 g/mol. The van der Waals surface area contributed by atoms with Gasteiger partial charge in [0.25, 0.3) is 5.91 Å². The summed E-state index contributed by atoms with van der Waals surface area (Å²) in [6, 6.07) is 3.45. The fraction of sp³-hybridized carbons (Fsp3) is 0.455. The van der Waals surface area contributed by atoms with E-state index in [0.717, 1.165) is 13.0 Å². The van der Waals surface area contributed by atoms with E-state index in [1.807, 2.05) is 0 Å². The molecule has 1 heterocycles. The third-order valence-corrected chi connectivity index (χ3v) is 2.33. The van der Waals surface area contributed by atoms with Crippen LogP contribution < -0.4 is 5.32 Å². The van der Waals surface area contributed by atoms with Gasteiger partial charge in [-0.15, -0.1) is 0 Å². The molecule has 0 radical (unpaired) electrons. The number of carbonyl (C=O) groups is 1. The van der Waals surface area contributed by atoms with Gasteiger partial charge < -0.3 is 10.2 Å². The molecule has 5 heteroatoms. The molecule has 1 N–H and O–H groups in total. The minimum atomic E-state index is -0.139. The maximum Gasteiger partial charge on any atom is 0.256 e. The molecule has 0 aliphatic heterocycles. The van der Waals surface area contributed by atoms with Crippen LogP contribution in [0.3, 0.4) is 0 Å². The van der Waals surface area contributed by atoms with Crippen molar-refractivity contribution in [3.05, 3.63) is 22.8 Å². The van der Waals surface area contributed by atoms with Crippen LogP contribution >= 0.6 is 11.6 Å². The number of aromatic nitrogens is 1. The van der Waals surface area contributed by atoms with Gasteiger partial charge in [-0.05, 0) is 18.6 Å². The largest absolute Gasteiger partial charge is 0.370 e. The molecule has 0 aromatic carbocycles. The van der Waals surface area contributed by atoms with E-state index in [2.05, 4.69) is 17.2 Å². The summed E-state index contributed by atoms with van der Waals surface area (Å²) in [4.78, 5) is 17.3. The lowest BCUT2D eigenvalue weighted by molar-refractivity contribution is 0.0827. The van der Waals surface area contributed by atoms with E-state index in [9.17, 15) is 4.79 Å². The molecular formula is C11H16ClN3O. The number of rotatable bonds is 4. The van der Waals surface area contributed by atoms with E-state index in [-0.39, 0.29) is 11.1 Å². The molecule has 0 saturated carbocycles. The minimum absolute atomic E-state index is 0.139. The fourth-order valence-electron chi connectivity index (χ4n) is 1.19. The van der Waals surface area contributed by atoms with E-state index in [1.54, 1.807) is 26.2 Å². The van der Waals surface area contributed by atoms with Gasteiger partial charge in [-0.1, -0.05) is 18.5 Å². The molecule has 4 nitrogen and oxygen atoms in total. The van der Waals surface area contributed by atoms with Crippen LogP contribution in [0.2, 0.25) is 5.15 Å². The molecule has 1 rings (SSSR count). The summed E-state index contributed by atoms with van der Waals surface area (Å²) in [5.41, 5.74) is 0.425. The first-order valence-electron chi connectivity index (χ1n) is 5.18. The topological polar surface area (TPSA) is 45.2 Å². The second-order valence-corrected chi connectivity index (χ2v) is 4.02. The van der Waals surface area contributed by atoms with E-state index < -0.39 is 0 Å². The summed E-state index contributed by atoms with van der Waals surface area (Å²) in [6.45, 7) is 2.91. The number of hydrogen-bond acceptors (Lipinski definition) is 3. The molecule has 0 unspecified atom stereocenters. The first-order valence-corrected chi connectivity index (χ1v) is 5.56. The third kappa shape index (κ3) is 3.10. The Balaban J connectivity index is 2.87. The molecule has 0 spiro atoms. The summed E-state index contributed by atoms with van der Waals surface area (Å²) in [5, 5.41) is 3.35. The maximum atomic E-state index is 11.7. The number of carbonyl (C=O) groups excluding carboxylic acids is 1. The van der Waals surface area contributed by atoms with Gasteiger partial charge in [-0.3, -0.25) is 4.79 Å². The smallest absolute Gasteiger partial charge is 0.256 e. The number of pyridine rings is 1. The van der Waals surface area contributed by atoms with Crippen molar-refractivity contribution in [3.63, 3.8) is 0 Å². The number of nitrogens with zero attached hydrogens (tertiary/aromatic N) is 2. The van der Waals surface area contributed by atoms with Crippen LogP contribution in [0.25, 0.3) is 0 Å². The molecule has 0 aliphatic rings. The van der Waals surface area contributed by atoms with Crippen molar-refractivity contribution < 1.29 is 4.79 Å². The monoisotopic (exact) mass is 241 g/mol. The van der Waals surface area contributed by atoms with E-state index in [4.69, 9.17) is 11.6 Å². The summed E-state index contributed by atoms with van der Waals surface area (Å²) in [6.07, 6.45) is 1.01. The number of hydrogen-bond donors (Lipinski definition) is 1. The molecule has 0 aliphatic carbocycles. The predicted molar refractivity (Wildman–Crippen MR) is 66.0 cm³/mol. The van der Waals surface area contributed by atoms with Crippen LogP contribution in [0.15, 0.2) is 12.1 Å². The molecule has 88 valence electrons. The molecular weight excluding hydrogens is 226 g/mol. The maximum absolute atomic E-state index is 11.7. The zero-order valence-electron chi connectivity index (χ0n) is 9.75. The highest BCUT2D eigenvalue weighted by molar-refractivity contribution is 6.32. The number of halogens is 1. The Kier molecular flexibility index (Phi) is 4.55. The van der Waals surface area contributed by atoms with Crippen LogP contribution in [0.5, 0.6) is 0 Å². The van der Waals surface area contributed by atoms with Crippen molar-refractivity contribution in [2.75, 3.05) is 26.0 Å². The van der Waals surface area contributed by atoms with Gasteiger partial charge in [0.05, 0.1) is 5.56 Å². The molecule has 0 fully saturated rings. The molecule has 1 aromatic rings. The lowest BCUT2D eigenvalue weighted by atomic mass is 10.2. The Morgan fingerprint density at radius 1 is 1.50 bits per heavy atom. The van der Waals surface area contributed by atoms with E-state index >= 15 is 0 Å². The quantitative estimate of drug-likeness (QED) is 0.823. The predicted octanol–water partition coefficient (Wildman–Crippen LogP) is 2.26. The fourth-order valence-corrected chi connectivity index (χ4v) is 1.42. The molecule has 1 amide bonds. The van der Waals surface area contributed by atoms with Crippen molar-refractivity contribution in [1.29, 1.82) is 0 Å². The van der Waals surface area contributed by atoms with Crippen molar-refractivity contribution in [2.24, 2.45) is 0 Å². The van der Waals surface area contributed by atoms with Gasteiger partial charge in [0.2, 0.25) is 0 Å². The van der Waals surface area contributed by atoms with Gasteiger partial charge in [-0.25, -0.2) is 4.98 Å². The van der Waals surface area contributed by atoms with Gasteiger partial charge in [0.15, 0.2) is 0 Å². The number of amides is 1. The first kappa shape index (κ1) is 12.8. The highest BCUT2D eigenvalue weighted by Crippen LogP contribution is 2.17. The van der Waals surface area contributed by atoms with Crippen LogP contribution in [-0.2, 0) is 0 Å². The first-order chi connectivity index (χ1) is 7.56. The highest BCUT2D eigenvalue weighted by Gasteiger charge is 2.13. The second kappa shape index (κ2) is 5.70. The third-order valence-electron chi connectivity index (χ3n) is 2.04. The zero-order chi connectivity index (χ0) is 12.1. The Labute approximate surface area is 101 Å². The Morgan fingerprint density at radius 2 is 2.19 bits per heavy atom. The Bertz CT molecular complexity index is 379. The van der Waals surface area contributed by atoms with Crippen LogP contribution in [0.1, 0.15) is 23.7 Å². The van der Waals surface area contributed by atoms with Crippen LogP contribution in [-0.4, -0.2) is 36.4 Å². The standard InChI is InChI=1S/C11H16ClN3O/c1-4-7-13-9-6-5-8(10(12)14-9)11(16)15(2)3/h5-6H,4,7H2,1-3H3,(H,13,14). The van der Waals surface area contributed by atoms with Gasteiger partial charge in [0, 0.05) is 20.6 Å². The lowest BCUT2D eigenvalue weighted by Gasteiger charge is -2.12. The molecule has 0 saturated heterocycles. The summed E-state index contributed by atoms with van der Waals surface area (Å²) >= 11 is 5.95.